The molecule has 0 saturated heterocycles. The van der Waals surface area contributed by atoms with Crippen molar-refractivity contribution in [3.8, 4) is 0 Å². The summed E-state index contributed by atoms with van der Waals surface area (Å²) < 4.78 is 1.68. The highest BCUT2D eigenvalue weighted by Crippen LogP contribution is 2.19. The van der Waals surface area contributed by atoms with Crippen LogP contribution in [-0.2, 0) is 0 Å². The van der Waals surface area contributed by atoms with Crippen LogP contribution in [0.5, 0.6) is 0 Å². The molecule has 0 aliphatic rings. The second kappa shape index (κ2) is 4.31. The largest absolute Gasteiger partial charge is 0.296 e. The van der Waals surface area contributed by atoms with E-state index in [1.807, 2.05) is 31.2 Å². The molecule has 0 unspecified atom stereocenters. The third kappa shape index (κ3) is 2.47. The van der Waals surface area contributed by atoms with E-state index in [0.29, 0.717) is 5.69 Å². The average molecular weight is 218 g/mol. The third-order valence-electron chi connectivity index (χ3n) is 1.93. The number of carbonyl (C=O) groups is 1. The second-order valence-electron chi connectivity index (χ2n) is 3.17. The van der Waals surface area contributed by atoms with Crippen LogP contribution in [0.2, 0.25) is 0 Å². The highest BCUT2D eigenvalue weighted by Gasteiger charge is 1.99. The molecule has 0 spiro atoms. The van der Waals surface area contributed by atoms with E-state index in [4.69, 9.17) is 0 Å². The van der Waals surface area contributed by atoms with Crippen LogP contribution in [-0.4, -0.2) is 15.5 Å². The number of hydrogen-bond donors (Lipinski definition) is 0. The Kier molecular flexibility index (Phi) is 2.87. The SMILES string of the molecule is Cc1ccc(Sn2ccc(C=O)n2)cc1. The maximum atomic E-state index is 10.4. The molecule has 76 valence electrons. The summed E-state index contributed by atoms with van der Waals surface area (Å²) in [6.07, 6.45) is 2.51. The van der Waals surface area contributed by atoms with Crippen LogP contribution in [0.15, 0.2) is 41.4 Å². The molecule has 4 heteroatoms. The smallest absolute Gasteiger partial charge is 0.170 e. The monoisotopic (exact) mass is 218 g/mol. The van der Waals surface area contributed by atoms with E-state index in [1.165, 1.54) is 17.5 Å². The summed E-state index contributed by atoms with van der Waals surface area (Å²) in [6, 6.07) is 9.84. The van der Waals surface area contributed by atoms with E-state index in [1.54, 1.807) is 16.4 Å². The number of aldehydes is 1. The van der Waals surface area contributed by atoms with Gasteiger partial charge in [0.15, 0.2) is 6.29 Å². The van der Waals surface area contributed by atoms with Gasteiger partial charge in [0, 0.05) is 23.0 Å². The number of benzene rings is 1. The molecule has 1 heterocycles. The summed E-state index contributed by atoms with van der Waals surface area (Å²) in [6.45, 7) is 2.05. The fraction of sp³-hybridized carbons (Fsp3) is 0.0909. The molecule has 0 fully saturated rings. The molecule has 0 saturated carbocycles. The maximum Gasteiger partial charge on any atom is 0.170 e. The Labute approximate surface area is 92.2 Å². The summed E-state index contributed by atoms with van der Waals surface area (Å²) in [5.74, 6) is 0. The van der Waals surface area contributed by atoms with E-state index in [-0.39, 0.29) is 0 Å². The van der Waals surface area contributed by atoms with Crippen LogP contribution in [0, 0.1) is 6.92 Å². The quantitative estimate of drug-likeness (QED) is 0.743. The molecule has 0 radical (unpaired) electrons. The molecule has 2 rings (SSSR count). The van der Waals surface area contributed by atoms with Gasteiger partial charge in [-0.2, -0.15) is 5.10 Å². The highest BCUT2D eigenvalue weighted by molar-refractivity contribution is 7.97. The lowest BCUT2D eigenvalue weighted by Gasteiger charge is -2.00. The molecule has 1 aromatic carbocycles. The Morgan fingerprint density at radius 3 is 2.60 bits per heavy atom. The van der Waals surface area contributed by atoms with Gasteiger partial charge in [-0.3, -0.25) is 4.79 Å². The van der Waals surface area contributed by atoms with Crippen molar-refractivity contribution in [1.29, 1.82) is 0 Å². The second-order valence-corrected chi connectivity index (χ2v) is 4.19. The van der Waals surface area contributed by atoms with Gasteiger partial charge in [-0.25, -0.2) is 4.09 Å². The summed E-state index contributed by atoms with van der Waals surface area (Å²) >= 11 is 1.48. The lowest BCUT2D eigenvalue weighted by Crippen LogP contribution is -1.89. The van der Waals surface area contributed by atoms with Gasteiger partial charge in [-0.1, -0.05) is 17.7 Å². The van der Waals surface area contributed by atoms with Gasteiger partial charge < -0.3 is 0 Å². The van der Waals surface area contributed by atoms with Gasteiger partial charge in [-0.15, -0.1) is 0 Å². The van der Waals surface area contributed by atoms with Gasteiger partial charge >= 0.3 is 0 Å². The first-order valence-corrected chi connectivity index (χ1v) is 5.31. The predicted molar refractivity (Wildman–Crippen MR) is 60.0 cm³/mol. The minimum Gasteiger partial charge on any atom is -0.296 e. The topological polar surface area (TPSA) is 34.9 Å². The summed E-state index contributed by atoms with van der Waals surface area (Å²) in [5.41, 5.74) is 1.68. The van der Waals surface area contributed by atoms with E-state index < -0.39 is 0 Å². The van der Waals surface area contributed by atoms with Crippen molar-refractivity contribution in [2.24, 2.45) is 0 Å². The lowest BCUT2D eigenvalue weighted by molar-refractivity contribution is 0.111. The lowest BCUT2D eigenvalue weighted by atomic mass is 10.2. The highest BCUT2D eigenvalue weighted by atomic mass is 32.2. The summed E-state index contributed by atoms with van der Waals surface area (Å²) in [5, 5.41) is 4.06. The van der Waals surface area contributed by atoms with Gasteiger partial charge in [-0.05, 0) is 25.1 Å². The number of carbonyl (C=O) groups excluding carboxylic acids is 1. The van der Waals surface area contributed by atoms with E-state index >= 15 is 0 Å². The van der Waals surface area contributed by atoms with E-state index in [0.717, 1.165) is 11.2 Å². The zero-order valence-corrected chi connectivity index (χ0v) is 9.07. The Morgan fingerprint density at radius 1 is 1.27 bits per heavy atom. The van der Waals surface area contributed by atoms with Crippen LogP contribution in [0.25, 0.3) is 0 Å². The zero-order chi connectivity index (χ0) is 10.7. The molecule has 0 bridgehead atoms. The fourth-order valence-corrected chi connectivity index (χ4v) is 1.87. The van der Waals surface area contributed by atoms with Crippen molar-refractivity contribution in [2.45, 2.75) is 11.8 Å². The first kappa shape index (κ1) is 9.98. The fourth-order valence-electron chi connectivity index (χ4n) is 1.14. The minimum absolute atomic E-state index is 0.453. The van der Waals surface area contributed by atoms with Crippen molar-refractivity contribution >= 4 is 18.2 Å². The Morgan fingerprint density at radius 2 is 2.00 bits per heavy atom. The standard InChI is InChI=1S/C11H10N2OS/c1-9-2-4-11(5-3-9)15-13-7-6-10(8-14)12-13/h2-8H,1H3. The number of aromatic nitrogens is 2. The van der Waals surface area contributed by atoms with Gasteiger partial charge in [0.2, 0.25) is 0 Å². The molecule has 15 heavy (non-hydrogen) atoms. The molecule has 0 N–H and O–H groups in total. The van der Waals surface area contributed by atoms with Crippen LogP contribution in [0.1, 0.15) is 16.1 Å². The van der Waals surface area contributed by atoms with E-state index in [9.17, 15) is 4.79 Å². The first-order chi connectivity index (χ1) is 7.28. The van der Waals surface area contributed by atoms with Crippen molar-refractivity contribution in [2.75, 3.05) is 0 Å². The molecule has 0 amide bonds. The van der Waals surface area contributed by atoms with Crippen LogP contribution >= 0.6 is 11.9 Å². The molecule has 2 aromatic rings. The number of hydrogen-bond acceptors (Lipinski definition) is 3. The number of aryl methyl sites for hydroxylation is 1. The Balaban J connectivity index is 2.14. The van der Waals surface area contributed by atoms with Crippen molar-refractivity contribution < 1.29 is 4.79 Å². The van der Waals surface area contributed by atoms with Gasteiger partial charge in [0.1, 0.15) is 5.69 Å². The first-order valence-electron chi connectivity index (χ1n) is 4.54. The minimum atomic E-state index is 0.453. The molecular weight excluding hydrogens is 208 g/mol. The molecule has 0 aliphatic carbocycles. The van der Waals surface area contributed by atoms with Crippen molar-refractivity contribution in [1.82, 2.24) is 9.19 Å². The van der Waals surface area contributed by atoms with Gasteiger partial charge in [0.05, 0.1) is 0 Å². The number of nitrogens with zero attached hydrogens (tertiary/aromatic N) is 2. The summed E-state index contributed by atoms with van der Waals surface area (Å²) in [4.78, 5) is 11.5. The molecular formula is C11H10N2OS. The molecule has 3 nitrogen and oxygen atoms in total. The maximum absolute atomic E-state index is 10.4. The Bertz CT molecular complexity index is 462. The van der Waals surface area contributed by atoms with Gasteiger partial charge in [0.25, 0.3) is 0 Å². The normalized spacial score (nSPS) is 10.2. The number of rotatable bonds is 3. The van der Waals surface area contributed by atoms with Crippen LogP contribution in [0.4, 0.5) is 0 Å². The van der Waals surface area contributed by atoms with Crippen molar-refractivity contribution in [3.63, 3.8) is 0 Å². The van der Waals surface area contributed by atoms with Crippen molar-refractivity contribution in [3.05, 3.63) is 47.8 Å². The molecule has 0 atom stereocenters. The third-order valence-corrected chi connectivity index (χ3v) is 2.80. The zero-order valence-electron chi connectivity index (χ0n) is 8.25. The predicted octanol–water partition coefficient (Wildman–Crippen LogP) is 2.56. The van der Waals surface area contributed by atoms with Crippen LogP contribution < -0.4 is 0 Å². The van der Waals surface area contributed by atoms with Crippen LogP contribution in [0.3, 0.4) is 0 Å². The average Bonchev–Trinajstić information content (AvgIpc) is 2.69. The summed E-state index contributed by atoms with van der Waals surface area (Å²) in [7, 11) is 0. The van der Waals surface area contributed by atoms with E-state index in [2.05, 4.69) is 5.10 Å². The molecule has 0 aliphatic heterocycles. The Hall–Kier alpha value is -1.55. The molecule has 1 aromatic heterocycles.